The SMILES string of the molecule is O=C(O)CC(c1ccccc1)S(=O)(=O)c1ccccc1NC(=O)c1cccc(Nc2ncc[nH]2)c1. The summed E-state index contributed by atoms with van der Waals surface area (Å²) < 4.78 is 27.2. The molecular weight excluding hydrogens is 468 g/mol. The number of aromatic nitrogens is 2. The van der Waals surface area contributed by atoms with Gasteiger partial charge < -0.3 is 20.7 Å². The van der Waals surface area contributed by atoms with Crippen molar-refractivity contribution in [3.63, 3.8) is 0 Å². The Morgan fingerprint density at radius 3 is 2.43 bits per heavy atom. The van der Waals surface area contributed by atoms with Gasteiger partial charge >= 0.3 is 5.97 Å². The van der Waals surface area contributed by atoms with Crippen LogP contribution in [0.2, 0.25) is 0 Å². The van der Waals surface area contributed by atoms with Crippen molar-refractivity contribution >= 4 is 39.0 Å². The Morgan fingerprint density at radius 1 is 0.971 bits per heavy atom. The number of aliphatic carboxylic acids is 1. The van der Waals surface area contributed by atoms with Gasteiger partial charge in [-0.15, -0.1) is 0 Å². The molecule has 0 fully saturated rings. The smallest absolute Gasteiger partial charge is 0.305 e. The highest BCUT2D eigenvalue weighted by Gasteiger charge is 2.33. The van der Waals surface area contributed by atoms with Gasteiger partial charge in [-0.1, -0.05) is 48.5 Å². The zero-order chi connectivity index (χ0) is 24.8. The second kappa shape index (κ2) is 10.2. The minimum Gasteiger partial charge on any atom is -0.481 e. The standard InChI is InChI=1S/C25H22N4O5S/c30-23(31)16-22(17-7-2-1-3-8-17)35(33,34)21-12-5-4-11-20(21)29-24(32)18-9-6-10-19(15-18)28-25-26-13-14-27-25/h1-15,22H,16H2,(H,29,32)(H,30,31)(H2,26,27,28). The predicted molar refractivity (Wildman–Crippen MR) is 131 cm³/mol. The van der Waals surface area contributed by atoms with Gasteiger partial charge in [0.15, 0.2) is 9.84 Å². The van der Waals surface area contributed by atoms with Gasteiger partial charge in [0.1, 0.15) is 5.25 Å². The van der Waals surface area contributed by atoms with E-state index in [0.29, 0.717) is 22.8 Å². The predicted octanol–water partition coefficient (Wildman–Crippen LogP) is 4.40. The highest BCUT2D eigenvalue weighted by atomic mass is 32.2. The van der Waals surface area contributed by atoms with Crippen molar-refractivity contribution in [3.8, 4) is 0 Å². The molecule has 0 aliphatic carbocycles. The summed E-state index contributed by atoms with van der Waals surface area (Å²) in [5, 5.41) is 13.8. The zero-order valence-corrected chi connectivity index (χ0v) is 19.2. The Hall–Kier alpha value is -4.44. The number of carboxylic acids is 1. The number of aromatic amines is 1. The van der Waals surface area contributed by atoms with Crippen LogP contribution in [0.15, 0.2) is 96.2 Å². The average Bonchev–Trinajstić information content (AvgIpc) is 3.36. The zero-order valence-electron chi connectivity index (χ0n) is 18.4. The van der Waals surface area contributed by atoms with E-state index in [1.807, 2.05) is 0 Å². The fourth-order valence-electron chi connectivity index (χ4n) is 3.61. The molecule has 0 spiro atoms. The van der Waals surface area contributed by atoms with Gasteiger partial charge in [-0.3, -0.25) is 9.59 Å². The summed E-state index contributed by atoms with van der Waals surface area (Å²) in [5.41, 5.74) is 1.32. The first-order valence-electron chi connectivity index (χ1n) is 10.6. The highest BCUT2D eigenvalue weighted by Crippen LogP contribution is 2.35. The van der Waals surface area contributed by atoms with Crippen molar-refractivity contribution in [1.29, 1.82) is 0 Å². The van der Waals surface area contributed by atoms with E-state index in [1.54, 1.807) is 73.1 Å². The Balaban J connectivity index is 1.64. The number of sulfone groups is 1. The summed E-state index contributed by atoms with van der Waals surface area (Å²) in [4.78, 5) is 31.3. The van der Waals surface area contributed by atoms with E-state index >= 15 is 0 Å². The van der Waals surface area contributed by atoms with Crippen molar-refractivity contribution in [3.05, 3.63) is 102 Å². The van der Waals surface area contributed by atoms with Crippen LogP contribution < -0.4 is 10.6 Å². The summed E-state index contributed by atoms with van der Waals surface area (Å²) in [6.07, 6.45) is 2.63. The summed E-state index contributed by atoms with van der Waals surface area (Å²) in [5.74, 6) is -1.26. The molecule has 4 rings (SSSR count). The van der Waals surface area contributed by atoms with Gasteiger partial charge in [0.05, 0.1) is 17.0 Å². The van der Waals surface area contributed by atoms with Gasteiger partial charge in [0.2, 0.25) is 5.95 Å². The van der Waals surface area contributed by atoms with Crippen molar-refractivity contribution in [2.45, 2.75) is 16.6 Å². The summed E-state index contributed by atoms with van der Waals surface area (Å²) in [7, 11) is -4.17. The van der Waals surface area contributed by atoms with Crippen molar-refractivity contribution in [1.82, 2.24) is 9.97 Å². The van der Waals surface area contributed by atoms with Crippen LogP contribution in [0.1, 0.15) is 27.6 Å². The number of hydrogen-bond donors (Lipinski definition) is 4. The summed E-state index contributed by atoms with van der Waals surface area (Å²) in [6, 6.07) is 20.8. The normalized spacial score (nSPS) is 12.0. The molecule has 9 nitrogen and oxygen atoms in total. The number of carbonyl (C=O) groups excluding carboxylic acids is 1. The quantitative estimate of drug-likeness (QED) is 0.272. The lowest BCUT2D eigenvalue weighted by molar-refractivity contribution is -0.137. The number of amides is 1. The third kappa shape index (κ3) is 5.56. The van der Waals surface area contributed by atoms with Gasteiger partial charge in [0.25, 0.3) is 5.91 Å². The second-order valence-corrected chi connectivity index (χ2v) is 9.73. The first-order chi connectivity index (χ1) is 16.8. The van der Waals surface area contributed by atoms with Crippen molar-refractivity contribution in [2.75, 3.05) is 10.6 Å². The maximum absolute atomic E-state index is 13.6. The summed E-state index contributed by atoms with van der Waals surface area (Å²) in [6.45, 7) is 0. The Labute approximate surface area is 201 Å². The molecule has 0 aliphatic rings. The topological polar surface area (TPSA) is 141 Å². The van der Waals surface area contributed by atoms with E-state index in [2.05, 4.69) is 20.6 Å². The lowest BCUT2D eigenvalue weighted by Gasteiger charge is -2.19. The lowest BCUT2D eigenvalue weighted by atomic mass is 10.1. The third-order valence-corrected chi connectivity index (χ3v) is 7.39. The number of imidazole rings is 1. The number of carbonyl (C=O) groups is 2. The molecule has 4 N–H and O–H groups in total. The van der Waals surface area contributed by atoms with Gasteiger partial charge in [-0.2, -0.15) is 0 Å². The molecule has 1 unspecified atom stereocenters. The molecule has 0 bridgehead atoms. The van der Waals surface area contributed by atoms with Crippen LogP contribution in [0.25, 0.3) is 0 Å². The van der Waals surface area contributed by atoms with Gasteiger partial charge in [-0.25, -0.2) is 13.4 Å². The van der Waals surface area contributed by atoms with Crippen molar-refractivity contribution in [2.24, 2.45) is 0 Å². The van der Waals surface area contributed by atoms with Crippen molar-refractivity contribution < 1.29 is 23.1 Å². The monoisotopic (exact) mass is 490 g/mol. The molecule has 1 aromatic heterocycles. The van der Waals surface area contributed by atoms with E-state index in [-0.39, 0.29) is 10.6 Å². The number of H-pyrrole nitrogens is 1. The Bertz CT molecular complexity index is 1440. The minimum atomic E-state index is -4.17. The molecule has 4 aromatic rings. The second-order valence-electron chi connectivity index (χ2n) is 7.64. The first-order valence-corrected chi connectivity index (χ1v) is 12.2. The maximum atomic E-state index is 13.6. The van der Waals surface area contributed by atoms with E-state index in [9.17, 15) is 23.1 Å². The number of nitrogens with one attached hydrogen (secondary N) is 3. The highest BCUT2D eigenvalue weighted by molar-refractivity contribution is 7.91. The van der Waals surface area contributed by atoms with Gasteiger partial charge in [0, 0.05) is 23.6 Å². The molecule has 3 aromatic carbocycles. The Morgan fingerprint density at radius 2 is 1.71 bits per heavy atom. The van der Waals surface area contributed by atoms with E-state index in [1.165, 1.54) is 18.2 Å². The van der Waals surface area contributed by atoms with Crippen LogP contribution in [0, 0.1) is 0 Å². The fraction of sp³-hybridized carbons (Fsp3) is 0.0800. The molecule has 10 heteroatoms. The Kier molecular flexibility index (Phi) is 6.93. The fourth-order valence-corrected chi connectivity index (χ4v) is 5.49. The number of hydrogen-bond acceptors (Lipinski definition) is 6. The summed E-state index contributed by atoms with van der Waals surface area (Å²) >= 11 is 0. The first kappa shape index (κ1) is 23.7. The largest absolute Gasteiger partial charge is 0.481 e. The number of anilines is 3. The lowest BCUT2D eigenvalue weighted by Crippen LogP contribution is -2.20. The molecule has 0 saturated heterocycles. The number of carboxylic acid groups (broad SMARTS) is 1. The molecule has 1 atom stereocenters. The van der Waals surface area contributed by atoms with Crippen LogP contribution in [-0.2, 0) is 14.6 Å². The molecule has 178 valence electrons. The van der Waals surface area contributed by atoms with E-state index < -0.39 is 33.4 Å². The molecule has 0 saturated carbocycles. The number of benzene rings is 3. The molecule has 1 heterocycles. The minimum absolute atomic E-state index is 0.0632. The van der Waals surface area contributed by atoms with Gasteiger partial charge in [-0.05, 0) is 35.9 Å². The molecule has 1 amide bonds. The van der Waals surface area contributed by atoms with Crippen LogP contribution in [0.3, 0.4) is 0 Å². The molecule has 0 radical (unpaired) electrons. The third-order valence-electron chi connectivity index (χ3n) is 5.23. The average molecular weight is 491 g/mol. The number of para-hydroxylation sites is 1. The van der Waals surface area contributed by atoms with E-state index in [4.69, 9.17) is 0 Å². The van der Waals surface area contributed by atoms with Crippen LogP contribution >= 0.6 is 0 Å². The molecular formula is C25H22N4O5S. The van der Waals surface area contributed by atoms with Crippen LogP contribution in [-0.4, -0.2) is 35.4 Å². The van der Waals surface area contributed by atoms with Crippen LogP contribution in [0.4, 0.5) is 17.3 Å². The molecule has 0 aliphatic heterocycles. The van der Waals surface area contributed by atoms with E-state index in [0.717, 1.165) is 0 Å². The number of nitrogens with zero attached hydrogens (tertiary/aromatic N) is 1. The van der Waals surface area contributed by atoms with Crippen LogP contribution in [0.5, 0.6) is 0 Å². The molecule has 35 heavy (non-hydrogen) atoms. The number of rotatable bonds is 9. The maximum Gasteiger partial charge on any atom is 0.305 e.